The molecular formula is C16H23N. The molecule has 2 atom stereocenters. The van der Waals surface area contributed by atoms with Crippen LogP contribution in [-0.4, -0.2) is 12.6 Å². The van der Waals surface area contributed by atoms with Crippen LogP contribution in [0.1, 0.15) is 43.7 Å². The Morgan fingerprint density at radius 1 is 1.47 bits per heavy atom. The summed E-state index contributed by atoms with van der Waals surface area (Å²) >= 11 is 0. The molecule has 0 saturated heterocycles. The maximum Gasteiger partial charge on any atom is 0.0173 e. The molecule has 0 amide bonds. The first-order valence-electron chi connectivity index (χ1n) is 6.68. The first kappa shape index (κ1) is 12.4. The number of hydrogen-bond acceptors (Lipinski definition) is 1. The summed E-state index contributed by atoms with van der Waals surface area (Å²) in [4.78, 5) is 0. The maximum atomic E-state index is 4.06. The van der Waals surface area contributed by atoms with Crippen LogP contribution in [0.5, 0.6) is 0 Å². The highest BCUT2D eigenvalue weighted by atomic mass is 14.9. The van der Waals surface area contributed by atoms with Crippen molar-refractivity contribution in [3.05, 3.63) is 47.5 Å². The molecule has 0 aliphatic heterocycles. The first-order valence-corrected chi connectivity index (χ1v) is 6.68. The molecule has 2 rings (SSSR count). The van der Waals surface area contributed by atoms with E-state index in [2.05, 4.69) is 50.0 Å². The molecule has 1 aromatic carbocycles. The van der Waals surface area contributed by atoms with E-state index >= 15 is 0 Å². The fourth-order valence-corrected chi connectivity index (χ4v) is 3.00. The van der Waals surface area contributed by atoms with Gasteiger partial charge in [0.15, 0.2) is 0 Å². The minimum absolute atomic E-state index is 0.557. The summed E-state index contributed by atoms with van der Waals surface area (Å²) in [6.07, 6.45) is 3.61. The van der Waals surface area contributed by atoms with Crippen molar-refractivity contribution in [2.45, 2.75) is 45.1 Å². The van der Waals surface area contributed by atoms with E-state index in [1.165, 1.54) is 18.4 Å². The Morgan fingerprint density at radius 2 is 2.24 bits per heavy atom. The summed E-state index contributed by atoms with van der Waals surface area (Å²) in [7, 11) is 0. The SMILES string of the molecule is C=C(C)CC(NCC)C1CCc2ccccc21. The Morgan fingerprint density at radius 3 is 2.94 bits per heavy atom. The van der Waals surface area contributed by atoms with Gasteiger partial charge in [0.2, 0.25) is 0 Å². The lowest BCUT2D eigenvalue weighted by Crippen LogP contribution is -2.34. The molecule has 1 aliphatic carbocycles. The lowest BCUT2D eigenvalue weighted by Gasteiger charge is -2.25. The molecule has 0 saturated carbocycles. The monoisotopic (exact) mass is 229 g/mol. The van der Waals surface area contributed by atoms with Crippen LogP contribution in [0, 0.1) is 0 Å². The van der Waals surface area contributed by atoms with E-state index in [-0.39, 0.29) is 0 Å². The van der Waals surface area contributed by atoms with Crippen molar-refractivity contribution in [3.63, 3.8) is 0 Å². The van der Waals surface area contributed by atoms with Gasteiger partial charge in [-0.15, -0.1) is 6.58 Å². The maximum absolute atomic E-state index is 4.06. The van der Waals surface area contributed by atoms with E-state index < -0.39 is 0 Å². The molecule has 1 aliphatic rings. The summed E-state index contributed by atoms with van der Waals surface area (Å²) < 4.78 is 0. The highest BCUT2D eigenvalue weighted by molar-refractivity contribution is 5.36. The third kappa shape index (κ3) is 2.78. The summed E-state index contributed by atoms with van der Waals surface area (Å²) in [6, 6.07) is 9.46. The molecule has 0 bridgehead atoms. The standard InChI is InChI=1S/C16H23N/c1-4-17-16(11-12(2)3)15-10-9-13-7-5-6-8-14(13)15/h5-8,15-17H,2,4,9-11H2,1,3H3. The van der Waals surface area contributed by atoms with Gasteiger partial charge >= 0.3 is 0 Å². The summed E-state index contributed by atoms with van der Waals surface area (Å²) in [5, 5.41) is 3.64. The molecular weight excluding hydrogens is 206 g/mol. The quantitative estimate of drug-likeness (QED) is 0.760. The van der Waals surface area contributed by atoms with Crippen molar-refractivity contribution in [2.75, 3.05) is 6.54 Å². The number of aryl methyl sites for hydroxylation is 1. The highest BCUT2D eigenvalue weighted by Gasteiger charge is 2.28. The van der Waals surface area contributed by atoms with Gasteiger partial charge in [-0.2, -0.15) is 0 Å². The summed E-state index contributed by atoms with van der Waals surface area (Å²) in [6.45, 7) is 9.42. The zero-order valence-electron chi connectivity index (χ0n) is 11.0. The normalized spacial score (nSPS) is 20.0. The average molecular weight is 229 g/mol. The molecule has 0 heterocycles. The van der Waals surface area contributed by atoms with Crippen molar-refractivity contribution < 1.29 is 0 Å². The van der Waals surface area contributed by atoms with E-state index in [1.807, 2.05) is 0 Å². The van der Waals surface area contributed by atoms with Crippen molar-refractivity contribution in [1.29, 1.82) is 0 Å². The van der Waals surface area contributed by atoms with E-state index in [0.29, 0.717) is 12.0 Å². The zero-order valence-corrected chi connectivity index (χ0v) is 11.0. The molecule has 1 aromatic rings. The number of fused-ring (bicyclic) bond motifs is 1. The molecule has 0 radical (unpaired) electrons. The predicted molar refractivity (Wildman–Crippen MR) is 74.4 cm³/mol. The number of nitrogens with one attached hydrogen (secondary N) is 1. The first-order chi connectivity index (χ1) is 8.22. The lowest BCUT2D eigenvalue weighted by molar-refractivity contribution is 0.434. The fourth-order valence-electron chi connectivity index (χ4n) is 3.00. The third-order valence-corrected chi connectivity index (χ3v) is 3.70. The number of benzene rings is 1. The Balaban J connectivity index is 2.18. The molecule has 0 aromatic heterocycles. The minimum Gasteiger partial charge on any atom is -0.313 e. The molecule has 0 fully saturated rings. The van der Waals surface area contributed by atoms with Gasteiger partial charge in [0, 0.05) is 12.0 Å². The van der Waals surface area contributed by atoms with Crippen LogP contribution in [0.2, 0.25) is 0 Å². The molecule has 0 spiro atoms. The predicted octanol–water partition coefficient (Wildman–Crippen LogP) is 3.66. The van der Waals surface area contributed by atoms with Crippen molar-refractivity contribution in [3.8, 4) is 0 Å². The van der Waals surface area contributed by atoms with Crippen LogP contribution in [-0.2, 0) is 6.42 Å². The lowest BCUT2D eigenvalue weighted by atomic mass is 9.89. The molecule has 92 valence electrons. The van der Waals surface area contributed by atoms with Crippen LogP contribution >= 0.6 is 0 Å². The number of likely N-dealkylation sites (N-methyl/N-ethyl adjacent to an activating group) is 1. The third-order valence-electron chi connectivity index (χ3n) is 3.70. The van der Waals surface area contributed by atoms with Gasteiger partial charge in [-0.25, -0.2) is 0 Å². The Bertz CT molecular complexity index is 394. The second-order valence-electron chi connectivity index (χ2n) is 5.17. The highest BCUT2D eigenvalue weighted by Crippen LogP contribution is 2.36. The Hall–Kier alpha value is -1.08. The molecule has 1 N–H and O–H groups in total. The molecule has 1 nitrogen and oxygen atoms in total. The number of hydrogen-bond donors (Lipinski definition) is 1. The van der Waals surface area contributed by atoms with E-state index in [4.69, 9.17) is 0 Å². The second-order valence-corrected chi connectivity index (χ2v) is 5.17. The second kappa shape index (κ2) is 5.50. The zero-order chi connectivity index (χ0) is 12.3. The van der Waals surface area contributed by atoms with Gasteiger partial charge in [-0.05, 0) is 43.9 Å². The van der Waals surface area contributed by atoms with Gasteiger partial charge in [0.25, 0.3) is 0 Å². The largest absolute Gasteiger partial charge is 0.313 e. The van der Waals surface area contributed by atoms with E-state index in [0.717, 1.165) is 13.0 Å². The molecule has 17 heavy (non-hydrogen) atoms. The van der Waals surface area contributed by atoms with Crippen LogP contribution in [0.25, 0.3) is 0 Å². The van der Waals surface area contributed by atoms with Crippen molar-refractivity contribution in [1.82, 2.24) is 5.32 Å². The Labute approximate surface area is 105 Å². The minimum atomic E-state index is 0.557. The van der Waals surface area contributed by atoms with Crippen molar-refractivity contribution in [2.24, 2.45) is 0 Å². The van der Waals surface area contributed by atoms with Gasteiger partial charge in [0.05, 0.1) is 0 Å². The van der Waals surface area contributed by atoms with E-state index in [9.17, 15) is 0 Å². The molecule has 2 unspecified atom stereocenters. The average Bonchev–Trinajstić information content (AvgIpc) is 2.71. The van der Waals surface area contributed by atoms with Gasteiger partial charge < -0.3 is 5.32 Å². The van der Waals surface area contributed by atoms with E-state index in [1.54, 1.807) is 11.1 Å². The Kier molecular flexibility index (Phi) is 4.01. The number of rotatable bonds is 5. The van der Waals surface area contributed by atoms with Crippen molar-refractivity contribution >= 4 is 0 Å². The summed E-state index contributed by atoms with van der Waals surface area (Å²) in [5.74, 6) is 0.669. The summed E-state index contributed by atoms with van der Waals surface area (Å²) in [5.41, 5.74) is 4.38. The fraction of sp³-hybridized carbons (Fsp3) is 0.500. The van der Waals surface area contributed by atoms with Crippen LogP contribution in [0.15, 0.2) is 36.4 Å². The van der Waals surface area contributed by atoms with Crippen LogP contribution in [0.4, 0.5) is 0 Å². The molecule has 1 heteroatoms. The van der Waals surface area contributed by atoms with Crippen LogP contribution < -0.4 is 5.32 Å². The smallest absolute Gasteiger partial charge is 0.0173 e. The van der Waals surface area contributed by atoms with Crippen LogP contribution in [0.3, 0.4) is 0 Å². The van der Waals surface area contributed by atoms with Gasteiger partial charge in [-0.1, -0.05) is 36.8 Å². The van der Waals surface area contributed by atoms with Gasteiger partial charge in [-0.3, -0.25) is 0 Å². The van der Waals surface area contributed by atoms with Gasteiger partial charge in [0.1, 0.15) is 0 Å². The topological polar surface area (TPSA) is 12.0 Å².